The van der Waals surface area contributed by atoms with Crippen LogP contribution in [0.5, 0.6) is 5.75 Å². The molecule has 0 saturated carbocycles. The van der Waals surface area contributed by atoms with Gasteiger partial charge in [0.15, 0.2) is 0 Å². The van der Waals surface area contributed by atoms with Crippen molar-refractivity contribution in [1.29, 1.82) is 0 Å². The summed E-state index contributed by atoms with van der Waals surface area (Å²) in [4.78, 5) is 11.9. The van der Waals surface area contributed by atoms with E-state index in [4.69, 9.17) is 4.74 Å². The molecule has 1 unspecified atom stereocenters. The molecule has 1 heterocycles. The van der Waals surface area contributed by atoms with E-state index in [0.29, 0.717) is 12.2 Å². The SMILES string of the molecule is Cc1ccc(CC2C(=O)Oc3ccccc32)cc1. The van der Waals surface area contributed by atoms with Gasteiger partial charge in [-0.25, -0.2) is 0 Å². The van der Waals surface area contributed by atoms with Crippen LogP contribution in [0.15, 0.2) is 48.5 Å². The lowest BCUT2D eigenvalue weighted by Gasteiger charge is -2.07. The summed E-state index contributed by atoms with van der Waals surface area (Å²) in [7, 11) is 0. The molecule has 0 amide bonds. The topological polar surface area (TPSA) is 26.3 Å². The molecule has 90 valence electrons. The van der Waals surface area contributed by atoms with E-state index in [0.717, 1.165) is 5.56 Å². The van der Waals surface area contributed by atoms with E-state index < -0.39 is 0 Å². The summed E-state index contributed by atoms with van der Waals surface area (Å²) in [5, 5.41) is 0. The Morgan fingerprint density at radius 3 is 2.56 bits per heavy atom. The number of fused-ring (bicyclic) bond motifs is 1. The van der Waals surface area contributed by atoms with Gasteiger partial charge < -0.3 is 4.74 Å². The van der Waals surface area contributed by atoms with Crippen molar-refractivity contribution in [3.05, 3.63) is 65.2 Å². The molecule has 0 N–H and O–H groups in total. The summed E-state index contributed by atoms with van der Waals surface area (Å²) in [5.41, 5.74) is 3.40. The first-order chi connectivity index (χ1) is 8.74. The Balaban J connectivity index is 1.89. The third kappa shape index (κ3) is 1.90. The molecule has 0 radical (unpaired) electrons. The highest BCUT2D eigenvalue weighted by atomic mass is 16.5. The fraction of sp³-hybridized carbons (Fsp3) is 0.188. The van der Waals surface area contributed by atoms with Gasteiger partial charge in [-0.1, -0.05) is 48.0 Å². The number of esters is 1. The van der Waals surface area contributed by atoms with Crippen molar-refractivity contribution >= 4 is 5.97 Å². The molecule has 1 aliphatic rings. The molecular formula is C16H14O2. The zero-order chi connectivity index (χ0) is 12.5. The van der Waals surface area contributed by atoms with Gasteiger partial charge in [0.2, 0.25) is 0 Å². The number of carbonyl (C=O) groups is 1. The average molecular weight is 238 g/mol. The van der Waals surface area contributed by atoms with Gasteiger partial charge in [0, 0.05) is 5.56 Å². The largest absolute Gasteiger partial charge is 0.426 e. The van der Waals surface area contributed by atoms with E-state index >= 15 is 0 Å². The van der Waals surface area contributed by atoms with Crippen molar-refractivity contribution in [2.24, 2.45) is 0 Å². The predicted molar refractivity (Wildman–Crippen MR) is 69.7 cm³/mol. The van der Waals surface area contributed by atoms with Crippen LogP contribution < -0.4 is 4.74 Å². The van der Waals surface area contributed by atoms with Crippen molar-refractivity contribution in [3.8, 4) is 5.75 Å². The molecule has 2 nitrogen and oxygen atoms in total. The van der Waals surface area contributed by atoms with E-state index in [9.17, 15) is 4.79 Å². The Morgan fingerprint density at radius 1 is 1.06 bits per heavy atom. The summed E-state index contributed by atoms with van der Waals surface area (Å²) in [6, 6.07) is 15.9. The van der Waals surface area contributed by atoms with Gasteiger partial charge in [0.25, 0.3) is 0 Å². The molecule has 0 spiro atoms. The standard InChI is InChI=1S/C16H14O2/c1-11-6-8-12(9-7-11)10-14-13-4-2-3-5-15(13)18-16(14)17/h2-9,14H,10H2,1H3. The third-order valence-corrected chi connectivity index (χ3v) is 3.35. The van der Waals surface area contributed by atoms with E-state index in [-0.39, 0.29) is 11.9 Å². The number of carbonyl (C=O) groups excluding carboxylic acids is 1. The maximum Gasteiger partial charge on any atom is 0.319 e. The molecular weight excluding hydrogens is 224 g/mol. The van der Waals surface area contributed by atoms with E-state index in [1.54, 1.807) is 0 Å². The van der Waals surface area contributed by atoms with Crippen molar-refractivity contribution in [2.75, 3.05) is 0 Å². The van der Waals surface area contributed by atoms with Crippen molar-refractivity contribution in [3.63, 3.8) is 0 Å². The Labute approximate surface area is 106 Å². The fourth-order valence-electron chi connectivity index (χ4n) is 2.32. The van der Waals surface area contributed by atoms with Crippen LogP contribution in [0.25, 0.3) is 0 Å². The van der Waals surface area contributed by atoms with Crippen molar-refractivity contribution in [2.45, 2.75) is 19.3 Å². The number of benzene rings is 2. The van der Waals surface area contributed by atoms with Gasteiger partial charge in [-0.05, 0) is 25.0 Å². The lowest BCUT2D eigenvalue weighted by atomic mass is 9.93. The van der Waals surface area contributed by atoms with Gasteiger partial charge in [-0.3, -0.25) is 4.79 Å². The minimum Gasteiger partial charge on any atom is -0.426 e. The van der Waals surface area contributed by atoms with Crippen LogP contribution in [0.3, 0.4) is 0 Å². The lowest BCUT2D eigenvalue weighted by molar-refractivity contribution is -0.134. The zero-order valence-electron chi connectivity index (χ0n) is 10.2. The van der Waals surface area contributed by atoms with Crippen LogP contribution in [0.1, 0.15) is 22.6 Å². The molecule has 0 fully saturated rings. The summed E-state index contributed by atoms with van der Waals surface area (Å²) < 4.78 is 5.28. The maximum absolute atomic E-state index is 11.9. The van der Waals surface area contributed by atoms with Crippen LogP contribution in [0.4, 0.5) is 0 Å². The number of para-hydroxylation sites is 1. The second-order valence-corrected chi connectivity index (χ2v) is 4.70. The van der Waals surface area contributed by atoms with Gasteiger partial charge in [0.05, 0.1) is 5.92 Å². The van der Waals surface area contributed by atoms with Gasteiger partial charge >= 0.3 is 5.97 Å². The molecule has 2 aromatic carbocycles. The first-order valence-electron chi connectivity index (χ1n) is 6.10. The van der Waals surface area contributed by atoms with Gasteiger partial charge in [0.1, 0.15) is 5.75 Å². The number of hydrogen-bond acceptors (Lipinski definition) is 2. The first-order valence-corrected chi connectivity index (χ1v) is 6.10. The van der Waals surface area contributed by atoms with Crippen LogP contribution in [0, 0.1) is 6.92 Å². The molecule has 1 aliphatic heterocycles. The highest BCUT2D eigenvalue weighted by Gasteiger charge is 2.32. The summed E-state index contributed by atoms with van der Waals surface area (Å²) in [6.45, 7) is 2.06. The Morgan fingerprint density at radius 2 is 1.78 bits per heavy atom. The van der Waals surface area contributed by atoms with Crippen molar-refractivity contribution in [1.82, 2.24) is 0 Å². The minimum atomic E-state index is -0.163. The monoisotopic (exact) mass is 238 g/mol. The number of ether oxygens (including phenoxy) is 1. The molecule has 1 atom stereocenters. The molecule has 0 saturated heterocycles. The van der Waals surface area contributed by atoms with Gasteiger partial charge in [-0.15, -0.1) is 0 Å². The quantitative estimate of drug-likeness (QED) is 0.593. The highest BCUT2D eigenvalue weighted by Crippen LogP contribution is 2.36. The van der Waals surface area contributed by atoms with Crippen LogP contribution in [-0.4, -0.2) is 5.97 Å². The van der Waals surface area contributed by atoms with Crippen molar-refractivity contribution < 1.29 is 9.53 Å². The van der Waals surface area contributed by atoms with Gasteiger partial charge in [-0.2, -0.15) is 0 Å². The van der Waals surface area contributed by atoms with E-state index in [1.165, 1.54) is 11.1 Å². The normalized spacial score (nSPS) is 17.4. The maximum atomic E-state index is 11.9. The molecule has 0 bridgehead atoms. The third-order valence-electron chi connectivity index (χ3n) is 3.35. The Hall–Kier alpha value is -2.09. The second-order valence-electron chi connectivity index (χ2n) is 4.70. The Bertz CT molecular complexity index is 584. The minimum absolute atomic E-state index is 0.142. The predicted octanol–water partition coefficient (Wildman–Crippen LogP) is 3.24. The number of aryl methyl sites for hydroxylation is 1. The average Bonchev–Trinajstić information content (AvgIpc) is 2.69. The molecule has 0 aromatic heterocycles. The molecule has 2 heteroatoms. The number of rotatable bonds is 2. The Kier molecular flexibility index (Phi) is 2.63. The van der Waals surface area contributed by atoms with Crippen LogP contribution in [-0.2, 0) is 11.2 Å². The number of hydrogen-bond donors (Lipinski definition) is 0. The van der Waals surface area contributed by atoms with E-state index in [1.807, 2.05) is 24.3 Å². The van der Waals surface area contributed by atoms with E-state index in [2.05, 4.69) is 31.2 Å². The molecule has 0 aliphatic carbocycles. The molecule has 3 rings (SSSR count). The molecule has 18 heavy (non-hydrogen) atoms. The first kappa shape index (κ1) is 11.0. The second kappa shape index (κ2) is 4.30. The van der Waals surface area contributed by atoms with Crippen LogP contribution in [0.2, 0.25) is 0 Å². The lowest BCUT2D eigenvalue weighted by Crippen LogP contribution is -2.12. The van der Waals surface area contributed by atoms with Crippen LogP contribution >= 0.6 is 0 Å². The summed E-state index contributed by atoms with van der Waals surface area (Å²) >= 11 is 0. The fourth-order valence-corrected chi connectivity index (χ4v) is 2.32. The smallest absolute Gasteiger partial charge is 0.319 e. The highest BCUT2D eigenvalue weighted by molar-refractivity contribution is 5.86. The zero-order valence-corrected chi connectivity index (χ0v) is 10.2. The summed E-state index contributed by atoms with van der Waals surface area (Å²) in [6.07, 6.45) is 0.704. The summed E-state index contributed by atoms with van der Waals surface area (Å²) in [5.74, 6) is 0.403. The molecule has 2 aromatic rings.